The second-order valence-electron chi connectivity index (χ2n) is 7.67. The zero-order chi connectivity index (χ0) is 17.7. The van der Waals surface area contributed by atoms with Gasteiger partial charge in [-0.15, -0.1) is 0 Å². The summed E-state index contributed by atoms with van der Waals surface area (Å²) in [4.78, 5) is 21.7. The average molecular weight is 335 g/mol. The maximum absolute atomic E-state index is 12.9. The first-order valence-electron chi connectivity index (χ1n) is 9.08. The molecule has 0 radical (unpaired) electrons. The standard InChI is InChI=1S/C18H33N5O/c1-14(2)11-23(12-15(3)4)17(24)13-22-9-6-19-10-16(22)18-20-7-8-21(18)5/h7-8,14-16,19H,6,9-13H2,1-5H3. The number of imidazole rings is 1. The normalized spacial score (nSPS) is 19.2. The van der Waals surface area contributed by atoms with Gasteiger partial charge in [-0.25, -0.2) is 4.98 Å². The van der Waals surface area contributed by atoms with Crippen molar-refractivity contribution < 1.29 is 4.79 Å². The molecule has 24 heavy (non-hydrogen) atoms. The minimum absolute atomic E-state index is 0.155. The third-order valence-electron chi connectivity index (χ3n) is 4.37. The van der Waals surface area contributed by atoms with Crippen LogP contribution in [0, 0.1) is 11.8 Å². The molecule has 1 fully saturated rings. The monoisotopic (exact) mass is 335 g/mol. The lowest BCUT2D eigenvalue weighted by atomic mass is 10.1. The van der Waals surface area contributed by atoms with Crippen LogP contribution in [0.2, 0.25) is 0 Å². The van der Waals surface area contributed by atoms with Gasteiger partial charge < -0.3 is 14.8 Å². The molecule has 0 bridgehead atoms. The summed E-state index contributed by atoms with van der Waals surface area (Å²) in [5.41, 5.74) is 0. The minimum atomic E-state index is 0.155. The Morgan fingerprint density at radius 1 is 1.33 bits per heavy atom. The van der Waals surface area contributed by atoms with E-state index < -0.39 is 0 Å². The number of piperazine rings is 1. The highest BCUT2D eigenvalue weighted by Gasteiger charge is 2.29. The van der Waals surface area contributed by atoms with Crippen molar-refractivity contribution in [2.24, 2.45) is 18.9 Å². The van der Waals surface area contributed by atoms with E-state index in [0.717, 1.165) is 38.5 Å². The Hall–Kier alpha value is -1.40. The summed E-state index contributed by atoms with van der Waals surface area (Å²) < 4.78 is 2.05. The lowest BCUT2D eigenvalue weighted by Gasteiger charge is -2.37. The Balaban J connectivity index is 2.07. The Morgan fingerprint density at radius 2 is 2.00 bits per heavy atom. The molecular formula is C18H33N5O. The van der Waals surface area contributed by atoms with Crippen molar-refractivity contribution in [3.63, 3.8) is 0 Å². The fourth-order valence-corrected chi connectivity index (χ4v) is 3.32. The predicted octanol–water partition coefficient (Wildman–Crippen LogP) is 1.51. The van der Waals surface area contributed by atoms with E-state index in [9.17, 15) is 4.79 Å². The molecular weight excluding hydrogens is 302 g/mol. The first kappa shape index (κ1) is 18.9. The van der Waals surface area contributed by atoms with Crippen LogP contribution in [0.25, 0.3) is 0 Å². The summed E-state index contributed by atoms with van der Waals surface area (Å²) >= 11 is 0. The molecule has 0 spiro atoms. The van der Waals surface area contributed by atoms with Gasteiger partial charge in [-0.2, -0.15) is 0 Å². The van der Waals surface area contributed by atoms with Crippen molar-refractivity contribution in [2.45, 2.75) is 33.7 Å². The predicted molar refractivity (Wildman–Crippen MR) is 96.6 cm³/mol. The molecule has 1 saturated heterocycles. The van der Waals surface area contributed by atoms with Crippen molar-refractivity contribution in [3.8, 4) is 0 Å². The lowest BCUT2D eigenvalue weighted by Crippen LogP contribution is -2.51. The minimum Gasteiger partial charge on any atom is -0.341 e. The summed E-state index contributed by atoms with van der Waals surface area (Å²) in [5.74, 6) is 2.23. The van der Waals surface area contributed by atoms with Crippen LogP contribution in [-0.2, 0) is 11.8 Å². The summed E-state index contributed by atoms with van der Waals surface area (Å²) in [6, 6.07) is 0.155. The van der Waals surface area contributed by atoms with E-state index in [1.54, 1.807) is 0 Å². The molecule has 1 aromatic heterocycles. The molecule has 1 aliphatic rings. The van der Waals surface area contributed by atoms with Gasteiger partial charge in [-0.05, 0) is 11.8 Å². The number of nitrogens with one attached hydrogen (secondary N) is 1. The van der Waals surface area contributed by atoms with Crippen molar-refractivity contribution in [1.29, 1.82) is 0 Å². The summed E-state index contributed by atoms with van der Waals surface area (Å²) in [5, 5.41) is 3.43. The molecule has 1 atom stereocenters. The second kappa shape index (κ2) is 8.62. The molecule has 1 aliphatic heterocycles. The molecule has 0 aromatic carbocycles. The molecule has 1 N–H and O–H groups in total. The van der Waals surface area contributed by atoms with Crippen LogP contribution in [0.3, 0.4) is 0 Å². The SMILES string of the molecule is CC(C)CN(CC(C)C)C(=O)CN1CCNCC1c1nccn1C. The maximum atomic E-state index is 12.9. The van der Waals surface area contributed by atoms with Gasteiger partial charge in [0.25, 0.3) is 0 Å². The molecule has 6 heteroatoms. The molecule has 1 amide bonds. The smallest absolute Gasteiger partial charge is 0.236 e. The number of aryl methyl sites for hydroxylation is 1. The van der Waals surface area contributed by atoms with Crippen molar-refractivity contribution in [3.05, 3.63) is 18.2 Å². The summed E-state index contributed by atoms with van der Waals surface area (Å²) in [6.07, 6.45) is 3.79. The average Bonchev–Trinajstić information content (AvgIpc) is 2.92. The molecule has 2 rings (SSSR count). The third kappa shape index (κ3) is 5.05. The van der Waals surface area contributed by atoms with Crippen LogP contribution in [-0.4, -0.2) is 64.5 Å². The molecule has 0 saturated carbocycles. The highest BCUT2D eigenvalue weighted by Crippen LogP contribution is 2.20. The lowest BCUT2D eigenvalue weighted by molar-refractivity contribution is -0.134. The number of amides is 1. The Morgan fingerprint density at radius 3 is 2.54 bits per heavy atom. The van der Waals surface area contributed by atoms with Crippen LogP contribution in [0.1, 0.15) is 39.6 Å². The number of aromatic nitrogens is 2. The van der Waals surface area contributed by atoms with Crippen LogP contribution >= 0.6 is 0 Å². The van der Waals surface area contributed by atoms with E-state index in [1.165, 1.54) is 0 Å². The van der Waals surface area contributed by atoms with Crippen molar-refractivity contribution in [2.75, 3.05) is 39.3 Å². The quantitative estimate of drug-likeness (QED) is 0.821. The van der Waals surface area contributed by atoms with Crippen molar-refractivity contribution >= 4 is 5.91 Å². The maximum Gasteiger partial charge on any atom is 0.236 e. The first-order valence-corrected chi connectivity index (χ1v) is 9.08. The second-order valence-corrected chi connectivity index (χ2v) is 7.67. The topological polar surface area (TPSA) is 53.4 Å². The number of nitrogens with zero attached hydrogens (tertiary/aromatic N) is 4. The number of hydrogen-bond acceptors (Lipinski definition) is 4. The third-order valence-corrected chi connectivity index (χ3v) is 4.37. The van der Waals surface area contributed by atoms with Gasteiger partial charge in [0.1, 0.15) is 5.82 Å². The highest BCUT2D eigenvalue weighted by molar-refractivity contribution is 5.78. The van der Waals surface area contributed by atoms with Gasteiger partial charge in [0.05, 0.1) is 12.6 Å². The van der Waals surface area contributed by atoms with Crippen LogP contribution < -0.4 is 5.32 Å². The van der Waals surface area contributed by atoms with E-state index in [2.05, 4.69) is 47.5 Å². The molecule has 2 heterocycles. The van der Waals surface area contributed by atoms with Gasteiger partial charge in [0.2, 0.25) is 5.91 Å². The molecule has 1 unspecified atom stereocenters. The summed E-state index contributed by atoms with van der Waals surface area (Å²) in [7, 11) is 2.01. The molecule has 136 valence electrons. The fraction of sp³-hybridized carbons (Fsp3) is 0.778. The molecule has 1 aromatic rings. The molecule has 0 aliphatic carbocycles. The largest absolute Gasteiger partial charge is 0.341 e. The zero-order valence-corrected chi connectivity index (χ0v) is 15.8. The fourth-order valence-electron chi connectivity index (χ4n) is 3.32. The van der Waals surface area contributed by atoms with E-state index >= 15 is 0 Å². The Bertz CT molecular complexity index is 515. The van der Waals surface area contributed by atoms with Crippen LogP contribution in [0.4, 0.5) is 0 Å². The highest BCUT2D eigenvalue weighted by atomic mass is 16.2. The van der Waals surface area contributed by atoms with Crippen LogP contribution in [0.15, 0.2) is 12.4 Å². The Kier molecular flexibility index (Phi) is 6.80. The van der Waals surface area contributed by atoms with E-state index in [4.69, 9.17) is 0 Å². The zero-order valence-electron chi connectivity index (χ0n) is 15.8. The van der Waals surface area contributed by atoms with E-state index in [1.807, 2.05) is 24.3 Å². The van der Waals surface area contributed by atoms with Crippen molar-refractivity contribution in [1.82, 2.24) is 24.7 Å². The number of carbonyl (C=O) groups excluding carboxylic acids is 1. The number of hydrogen-bond donors (Lipinski definition) is 1. The summed E-state index contributed by atoms with van der Waals surface area (Å²) in [6.45, 7) is 13.4. The van der Waals surface area contributed by atoms with Gasteiger partial charge in [0.15, 0.2) is 0 Å². The first-order chi connectivity index (χ1) is 11.4. The van der Waals surface area contributed by atoms with Crippen LogP contribution in [0.5, 0.6) is 0 Å². The van der Waals surface area contributed by atoms with E-state index in [-0.39, 0.29) is 11.9 Å². The number of carbonyl (C=O) groups is 1. The van der Waals surface area contributed by atoms with Gasteiger partial charge in [0, 0.05) is 52.2 Å². The van der Waals surface area contributed by atoms with Gasteiger partial charge in [-0.1, -0.05) is 27.7 Å². The number of rotatable bonds is 7. The Labute approximate surface area is 146 Å². The van der Waals surface area contributed by atoms with E-state index in [0.29, 0.717) is 18.4 Å². The van der Waals surface area contributed by atoms with Gasteiger partial charge in [-0.3, -0.25) is 9.69 Å². The molecule has 6 nitrogen and oxygen atoms in total. The van der Waals surface area contributed by atoms with Gasteiger partial charge >= 0.3 is 0 Å².